The predicted octanol–water partition coefficient (Wildman–Crippen LogP) is 8.63. The van der Waals surface area contributed by atoms with Crippen molar-refractivity contribution in [3.05, 3.63) is 130 Å². The summed E-state index contributed by atoms with van der Waals surface area (Å²) in [4.78, 5) is 22.3. The second-order valence-corrected chi connectivity index (χ2v) is 14.0. The number of hydrogen-bond acceptors (Lipinski definition) is 7. The van der Waals surface area contributed by atoms with Crippen molar-refractivity contribution >= 4 is 45.1 Å². The maximum Gasteiger partial charge on any atom is 0.292 e. The standard InChI is InChI=1S/C40H30ClF3N6O4/c1-20-27-12-22(15-31(44)37(27)49-48-20)39(51)46-24-7-8-33-32(16-24)47-36(50(33)19-25-10-11-52-25)17-28-29(42)13-21(14-30(28)43)26-4-3-5-34-38(26)54-40(2,53-34)35-9-6-23(41)18-45-35/h3-9,12-16,18,25H,10-11,17,19H2,1-2H3,(H,46,51)(H,48,49)/t25-,40-/m0/s1. The molecule has 3 aromatic heterocycles. The first kappa shape index (κ1) is 33.9. The second kappa shape index (κ2) is 12.9. The number of fused-ring (bicyclic) bond motifs is 3. The van der Waals surface area contributed by atoms with Crippen LogP contribution in [0.4, 0.5) is 18.9 Å². The van der Waals surface area contributed by atoms with E-state index in [-0.39, 0.29) is 34.7 Å². The largest absolute Gasteiger partial charge is 0.443 e. The van der Waals surface area contributed by atoms with E-state index in [1.807, 2.05) is 4.57 Å². The van der Waals surface area contributed by atoms with Crippen molar-refractivity contribution < 1.29 is 32.2 Å². The third kappa shape index (κ3) is 5.89. The molecule has 1 fully saturated rings. The van der Waals surface area contributed by atoms with Gasteiger partial charge >= 0.3 is 0 Å². The molecule has 1 saturated heterocycles. The van der Waals surface area contributed by atoms with Gasteiger partial charge in [0.05, 0.1) is 28.7 Å². The molecule has 0 unspecified atom stereocenters. The quantitative estimate of drug-likeness (QED) is 0.160. The van der Waals surface area contributed by atoms with E-state index in [9.17, 15) is 9.18 Å². The number of benzene rings is 4. The highest BCUT2D eigenvalue weighted by molar-refractivity contribution is 6.30. The molecule has 2 aliphatic rings. The molecule has 2 N–H and O–H groups in total. The van der Waals surface area contributed by atoms with Crippen LogP contribution in [0.1, 0.15) is 46.5 Å². The van der Waals surface area contributed by atoms with Crippen LogP contribution in [0.25, 0.3) is 33.1 Å². The highest BCUT2D eigenvalue weighted by atomic mass is 35.5. The predicted molar refractivity (Wildman–Crippen MR) is 195 cm³/mol. The Morgan fingerprint density at radius 2 is 1.85 bits per heavy atom. The van der Waals surface area contributed by atoms with Crippen molar-refractivity contribution in [2.24, 2.45) is 0 Å². The van der Waals surface area contributed by atoms with Crippen molar-refractivity contribution in [1.29, 1.82) is 0 Å². The molecule has 0 saturated carbocycles. The highest BCUT2D eigenvalue weighted by Gasteiger charge is 2.41. The molecule has 10 nitrogen and oxygen atoms in total. The van der Waals surface area contributed by atoms with E-state index in [1.165, 1.54) is 18.3 Å². The monoisotopic (exact) mass is 750 g/mol. The van der Waals surface area contributed by atoms with Crippen LogP contribution in [-0.4, -0.2) is 43.4 Å². The van der Waals surface area contributed by atoms with Crippen LogP contribution in [0.15, 0.2) is 79.0 Å². The zero-order valence-corrected chi connectivity index (χ0v) is 29.6. The van der Waals surface area contributed by atoms with Gasteiger partial charge in [0.25, 0.3) is 11.7 Å². The van der Waals surface area contributed by atoms with Crippen molar-refractivity contribution in [2.45, 2.75) is 45.1 Å². The maximum absolute atomic E-state index is 16.0. The molecular formula is C40H30ClF3N6O4. The van der Waals surface area contributed by atoms with Crippen LogP contribution in [-0.2, 0) is 23.5 Å². The second-order valence-electron chi connectivity index (χ2n) is 13.5. The Kier molecular flexibility index (Phi) is 8.09. The minimum atomic E-state index is -1.28. The molecule has 7 aromatic rings. The summed E-state index contributed by atoms with van der Waals surface area (Å²) < 4.78 is 66.7. The lowest BCUT2D eigenvalue weighted by atomic mass is 10.00. The third-order valence-corrected chi connectivity index (χ3v) is 10.1. The number of hydrogen-bond donors (Lipinski definition) is 2. The van der Waals surface area contributed by atoms with Crippen LogP contribution in [0.5, 0.6) is 11.5 Å². The number of carbonyl (C=O) groups excluding carboxylic acids is 1. The molecule has 0 spiro atoms. The van der Waals surface area contributed by atoms with Crippen molar-refractivity contribution in [1.82, 2.24) is 24.7 Å². The van der Waals surface area contributed by atoms with E-state index in [2.05, 4.69) is 20.5 Å². The van der Waals surface area contributed by atoms with Gasteiger partial charge < -0.3 is 24.1 Å². The molecule has 0 aliphatic carbocycles. The Bertz CT molecular complexity index is 2620. The van der Waals surface area contributed by atoms with Gasteiger partial charge in [0.2, 0.25) is 0 Å². The Morgan fingerprint density at radius 3 is 2.59 bits per heavy atom. The summed E-state index contributed by atoms with van der Waals surface area (Å²) in [5, 5.41) is 10.5. The molecule has 2 aliphatic heterocycles. The molecule has 9 rings (SSSR count). The summed E-state index contributed by atoms with van der Waals surface area (Å²) in [6.07, 6.45) is 2.09. The lowest BCUT2D eigenvalue weighted by molar-refractivity contribution is -0.0715. The number of para-hydroxylation sites is 1. The number of imidazole rings is 1. The lowest BCUT2D eigenvalue weighted by Gasteiger charge is -2.27. The SMILES string of the molecule is Cc1[nH]nc2c(F)cc(C(=O)Nc3ccc4c(c3)nc(Cc3c(F)cc(-c5cccc6c5O[C@@](C)(c5ccc(Cl)cn5)O6)cc3F)n4C[C@@H]3CCO3)cc12. The van der Waals surface area contributed by atoms with E-state index >= 15 is 8.78 Å². The summed E-state index contributed by atoms with van der Waals surface area (Å²) in [7, 11) is 0. The van der Waals surface area contributed by atoms with E-state index < -0.39 is 29.1 Å². The van der Waals surface area contributed by atoms with Gasteiger partial charge in [0, 0.05) is 59.6 Å². The number of carbonyl (C=O) groups is 1. The molecule has 2 atom stereocenters. The number of aryl methyl sites for hydroxylation is 1. The summed E-state index contributed by atoms with van der Waals surface area (Å²) in [5.41, 5.74) is 3.56. The molecular weight excluding hydrogens is 721 g/mol. The minimum absolute atomic E-state index is 0.0788. The normalized spacial score (nSPS) is 17.6. The first-order valence-electron chi connectivity index (χ1n) is 17.2. The van der Waals surface area contributed by atoms with Gasteiger partial charge in [-0.15, -0.1) is 0 Å². The number of aromatic amines is 1. The fraction of sp³-hybridized carbons (Fsp3) is 0.200. The van der Waals surface area contributed by atoms with Gasteiger partial charge in [-0.25, -0.2) is 18.2 Å². The fourth-order valence-corrected chi connectivity index (χ4v) is 7.06. The van der Waals surface area contributed by atoms with Gasteiger partial charge in [-0.05, 0) is 79.6 Å². The summed E-state index contributed by atoms with van der Waals surface area (Å²) in [5.74, 6) is -2.78. The number of H-pyrrole nitrogens is 1. The van der Waals surface area contributed by atoms with Crippen molar-refractivity contribution in [3.63, 3.8) is 0 Å². The van der Waals surface area contributed by atoms with E-state index in [0.717, 1.165) is 12.5 Å². The first-order chi connectivity index (χ1) is 26.0. The Morgan fingerprint density at radius 1 is 1.04 bits per heavy atom. The molecule has 0 bridgehead atoms. The molecule has 272 valence electrons. The summed E-state index contributed by atoms with van der Waals surface area (Å²) in [6, 6.07) is 18.9. The number of pyridine rings is 1. The van der Waals surface area contributed by atoms with E-state index in [0.29, 0.717) is 74.6 Å². The first-order valence-corrected chi connectivity index (χ1v) is 17.6. The zero-order valence-electron chi connectivity index (χ0n) is 28.8. The fourth-order valence-electron chi connectivity index (χ4n) is 6.95. The number of nitrogens with one attached hydrogen (secondary N) is 2. The average Bonchev–Trinajstić information content (AvgIpc) is 3.80. The van der Waals surface area contributed by atoms with Crippen molar-refractivity contribution in [3.8, 4) is 22.6 Å². The van der Waals surface area contributed by atoms with Crippen LogP contribution < -0.4 is 14.8 Å². The molecule has 5 heterocycles. The van der Waals surface area contributed by atoms with Gasteiger partial charge in [-0.2, -0.15) is 5.10 Å². The highest BCUT2D eigenvalue weighted by Crippen LogP contribution is 2.49. The number of ether oxygens (including phenoxy) is 3. The Labute approximate surface area is 310 Å². The summed E-state index contributed by atoms with van der Waals surface area (Å²) in [6.45, 7) is 4.51. The molecule has 54 heavy (non-hydrogen) atoms. The smallest absolute Gasteiger partial charge is 0.292 e. The lowest BCUT2D eigenvalue weighted by Crippen LogP contribution is -2.32. The maximum atomic E-state index is 16.0. The number of nitrogens with zero attached hydrogens (tertiary/aromatic N) is 4. The van der Waals surface area contributed by atoms with Crippen LogP contribution in [0.2, 0.25) is 5.02 Å². The number of rotatable bonds is 8. The molecule has 14 heteroatoms. The van der Waals surface area contributed by atoms with E-state index in [1.54, 1.807) is 68.4 Å². The van der Waals surface area contributed by atoms with Crippen LogP contribution >= 0.6 is 11.6 Å². The molecule has 4 aromatic carbocycles. The average molecular weight is 751 g/mol. The van der Waals surface area contributed by atoms with Gasteiger partial charge in [-0.3, -0.25) is 14.9 Å². The number of anilines is 1. The Balaban J connectivity index is 1.01. The van der Waals surface area contributed by atoms with Gasteiger partial charge in [-0.1, -0.05) is 23.7 Å². The van der Waals surface area contributed by atoms with E-state index in [4.69, 9.17) is 30.8 Å². The molecule has 1 amide bonds. The van der Waals surface area contributed by atoms with Crippen LogP contribution in [0, 0.1) is 24.4 Å². The van der Waals surface area contributed by atoms with Gasteiger partial charge in [0.1, 0.15) is 28.7 Å². The zero-order chi connectivity index (χ0) is 37.3. The van der Waals surface area contributed by atoms with Crippen molar-refractivity contribution in [2.75, 3.05) is 11.9 Å². The number of amides is 1. The number of halogens is 4. The topological polar surface area (TPSA) is 116 Å². The van der Waals surface area contributed by atoms with Crippen LogP contribution in [0.3, 0.4) is 0 Å². The third-order valence-electron chi connectivity index (χ3n) is 9.89. The summed E-state index contributed by atoms with van der Waals surface area (Å²) >= 11 is 6.02. The minimum Gasteiger partial charge on any atom is -0.443 e. The number of aromatic nitrogens is 5. The molecule has 0 radical (unpaired) electrons. The van der Waals surface area contributed by atoms with Gasteiger partial charge in [0.15, 0.2) is 17.3 Å². The Hall–Kier alpha value is -5.92.